The lowest BCUT2D eigenvalue weighted by molar-refractivity contribution is 0.111. The van der Waals surface area contributed by atoms with Crippen molar-refractivity contribution in [3.05, 3.63) is 0 Å². The zero-order valence-corrected chi connectivity index (χ0v) is 6.82. The SMILES string of the molecule is Cl.NCC1CC2(CC2)CO1. The van der Waals surface area contributed by atoms with E-state index in [4.69, 9.17) is 10.5 Å². The van der Waals surface area contributed by atoms with Crippen LogP contribution in [0.25, 0.3) is 0 Å². The lowest BCUT2D eigenvalue weighted by atomic mass is 10.0. The van der Waals surface area contributed by atoms with Gasteiger partial charge in [-0.15, -0.1) is 12.4 Å². The van der Waals surface area contributed by atoms with E-state index in [0.717, 1.165) is 6.61 Å². The topological polar surface area (TPSA) is 35.2 Å². The van der Waals surface area contributed by atoms with Gasteiger partial charge in [-0.25, -0.2) is 0 Å². The molecule has 1 aliphatic heterocycles. The quantitative estimate of drug-likeness (QED) is 0.625. The van der Waals surface area contributed by atoms with Crippen molar-refractivity contribution in [2.75, 3.05) is 13.2 Å². The van der Waals surface area contributed by atoms with E-state index in [1.165, 1.54) is 19.3 Å². The Morgan fingerprint density at radius 2 is 2.20 bits per heavy atom. The molecule has 2 nitrogen and oxygen atoms in total. The standard InChI is InChI=1S/C7H13NO.ClH/c8-4-6-3-7(1-2-7)5-9-6;/h6H,1-5,8H2;1H. The Bertz CT molecular complexity index is 125. The minimum atomic E-state index is 0. The highest BCUT2D eigenvalue weighted by atomic mass is 35.5. The molecule has 0 bridgehead atoms. The van der Waals surface area contributed by atoms with Gasteiger partial charge in [0.1, 0.15) is 0 Å². The number of hydrogen-bond acceptors (Lipinski definition) is 2. The zero-order chi connectivity index (χ0) is 6.32. The number of halogens is 1. The Balaban J connectivity index is 0.000000500. The molecule has 1 saturated heterocycles. The zero-order valence-electron chi connectivity index (χ0n) is 6.01. The third-order valence-electron chi connectivity index (χ3n) is 2.51. The van der Waals surface area contributed by atoms with Crippen molar-refractivity contribution in [1.29, 1.82) is 0 Å². The fraction of sp³-hybridized carbons (Fsp3) is 1.00. The smallest absolute Gasteiger partial charge is 0.0703 e. The van der Waals surface area contributed by atoms with E-state index in [-0.39, 0.29) is 12.4 Å². The monoisotopic (exact) mass is 163 g/mol. The Hall–Kier alpha value is 0.210. The number of nitrogens with two attached hydrogens (primary N) is 1. The van der Waals surface area contributed by atoms with Gasteiger partial charge in [0.15, 0.2) is 0 Å². The first-order valence-electron chi connectivity index (χ1n) is 3.66. The van der Waals surface area contributed by atoms with Crippen LogP contribution in [-0.4, -0.2) is 19.3 Å². The van der Waals surface area contributed by atoms with Gasteiger partial charge in [-0.3, -0.25) is 0 Å². The van der Waals surface area contributed by atoms with E-state index in [1.54, 1.807) is 0 Å². The van der Waals surface area contributed by atoms with Gasteiger partial charge in [0.05, 0.1) is 12.7 Å². The van der Waals surface area contributed by atoms with Crippen LogP contribution in [0.3, 0.4) is 0 Å². The summed E-state index contributed by atoms with van der Waals surface area (Å²) in [5.41, 5.74) is 6.07. The van der Waals surface area contributed by atoms with Crippen LogP contribution in [0.15, 0.2) is 0 Å². The molecule has 0 aromatic heterocycles. The van der Waals surface area contributed by atoms with Crippen LogP contribution >= 0.6 is 12.4 Å². The molecule has 0 aromatic rings. The maximum absolute atomic E-state index is 5.46. The van der Waals surface area contributed by atoms with Crippen molar-refractivity contribution < 1.29 is 4.74 Å². The van der Waals surface area contributed by atoms with E-state index in [1.807, 2.05) is 0 Å². The highest BCUT2D eigenvalue weighted by Gasteiger charge is 2.48. The molecule has 2 fully saturated rings. The average molecular weight is 164 g/mol. The van der Waals surface area contributed by atoms with Gasteiger partial charge < -0.3 is 10.5 Å². The summed E-state index contributed by atoms with van der Waals surface area (Å²) in [4.78, 5) is 0. The normalized spacial score (nSPS) is 33.9. The lowest BCUT2D eigenvalue weighted by Gasteiger charge is -2.02. The van der Waals surface area contributed by atoms with E-state index in [2.05, 4.69) is 0 Å². The largest absolute Gasteiger partial charge is 0.376 e. The molecular weight excluding hydrogens is 150 g/mol. The third-order valence-corrected chi connectivity index (χ3v) is 2.51. The lowest BCUT2D eigenvalue weighted by Crippen LogP contribution is -2.18. The summed E-state index contributed by atoms with van der Waals surface area (Å²) < 4.78 is 5.45. The fourth-order valence-electron chi connectivity index (χ4n) is 1.57. The molecule has 0 radical (unpaired) electrons. The Morgan fingerprint density at radius 3 is 2.50 bits per heavy atom. The number of hydrogen-bond donors (Lipinski definition) is 1. The van der Waals surface area contributed by atoms with Crippen molar-refractivity contribution in [3.63, 3.8) is 0 Å². The minimum absolute atomic E-state index is 0. The molecule has 3 heteroatoms. The summed E-state index contributed by atoms with van der Waals surface area (Å²) in [7, 11) is 0. The van der Waals surface area contributed by atoms with Crippen LogP contribution in [0.4, 0.5) is 0 Å². The van der Waals surface area contributed by atoms with Crippen molar-refractivity contribution in [2.24, 2.45) is 11.1 Å². The second-order valence-electron chi connectivity index (χ2n) is 3.37. The summed E-state index contributed by atoms with van der Waals surface area (Å²) in [6.45, 7) is 1.69. The molecule has 1 aliphatic carbocycles. The molecule has 1 spiro atoms. The van der Waals surface area contributed by atoms with Crippen LogP contribution in [0.1, 0.15) is 19.3 Å². The summed E-state index contributed by atoms with van der Waals surface area (Å²) in [6, 6.07) is 0. The van der Waals surface area contributed by atoms with Gasteiger partial charge in [-0.05, 0) is 24.7 Å². The molecular formula is C7H14ClNO. The highest BCUT2D eigenvalue weighted by molar-refractivity contribution is 5.85. The summed E-state index contributed by atoms with van der Waals surface area (Å²) >= 11 is 0. The van der Waals surface area contributed by atoms with E-state index < -0.39 is 0 Å². The first-order valence-corrected chi connectivity index (χ1v) is 3.66. The van der Waals surface area contributed by atoms with Crippen LogP contribution in [-0.2, 0) is 4.74 Å². The molecule has 2 rings (SSSR count). The summed E-state index contributed by atoms with van der Waals surface area (Å²) in [5, 5.41) is 0. The molecule has 1 atom stereocenters. The van der Waals surface area contributed by atoms with Crippen molar-refractivity contribution in [2.45, 2.75) is 25.4 Å². The fourth-order valence-corrected chi connectivity index (χ4v) is 1.57. The minimum Gasteiger partial charge on any atom is -0.376 e. The van der Waals surface area contributed by atoms with Gasteiger partial charge in [-0.2, -0.15) is 0 Å². The van der Waals surface area contributed by atoms with Gasteiger partial charge in [-0.1, -0.05) is 0 Å². The maximum Gasteiger partial charge on any atom is 0.0703 e. The van der Waals surface area contributed by atoms with Crippen molar-refractivity contribution in [1.82, 2.24) is 0 Å². The van der Waals surface area contributed by atoms with Gasteiger partial charge >= 0.3 is 0 Å². The van der Waals surface area contributed by atoms with Crippen LogP contribution in [0.2, 0.25) is 0 Å². The molecule has 1 unspecified atom stereocenters. The second-order valence-corrected chi connectivity index (χ2v) is 3.37. The molecule has 2 N–H and O–H groups in total. The summed E-state index contributed by atoms with van der Waals surface area (Å²) in [5.74, 6) is 0. The first kappa shape index (κ1) is 8.31. The van der Waals surface area contributed by atoms with Gasteiger partial charge in [0.2, 0.25) is 0 Å². The van der Waals surface area contributed by atoms with Crippen molar-refractivity contribution in [3.8, 4) is 0 Å². The summed E-state index contributed by atoms with van der Waals surface area (Å²) in [6.07, 6.45) is 4.36. The Kier molecular flexibility index (Phi) is 2.23. The number of rotatable bonds is 1. The Morgan fingerprint density at radius 1 is 1.50 bits per heavy atom. The Labute approximate surface area is 67.5 Å². The maximum atomic E-state index is 5.46. The molecule has 60 valence electrons. The van der Waals surface area contributed by atoms with Crippen LogP contribution in [0.5, 0.6) is 0 Å². The molecule has 0 amide bonds. The first-order chi connectivity index (χ1) is 4.35. The molecule has 2 aliphatic rings. The highest BCUT2D eigenvalue weighted by Crippen LogP contribution is 2.53. The van der Waals surface area contributed by atoms with Crippen LogP contribution in [0, 0.1) is 5.41 Å². The molecule has 1 saturated carbocycles. The number of ether oxygens (including phenoxy) is 1. The van der Waals surface area contributed by atoms with Crippen molar-refractivity contribution >= 4 is 12.4 Å². The van der Waals surface area contributed by atoms with E-state index >= 15 is 0 Å². The van der Waals surface area contributed by atoms with Crippen LogP contribution < -0.4 is 5.73 Å². The third kappa shape index (κ3) is 1.29. The van der Waals surface area contributed by atoms with E-state index in [0.29, 0.717) is 18.1 Å². The second kappa shape index (κ2) is 2.68. The molecule has 1 heterocycles. The predicted molar refractivity (Wildman–Crippen MR) is 42.3 cm³/mol. The molecule has 0 aromatic carbocycles. The van der Waals surface area contributed by atoms with Gasteiger partial charge in [0, 0.05) is 6.54 Å². The molecule has 10 heavy (non-hydrogen) atoms. The predicted octanol–water partition coefficient (Wildman–Crippen LogP) is 0.936. The van der Waals surface area contributed by atoms with E-state index in [9.17, 15) is 0 Å². The van der Waals surface area contributed by atoms with Gasteiger partial charge in [0.25, 0.3) is 0 Å². The average Bonchev–Trinajstić information content (AvgIpc) is 2.44.